The SMILES string of the molecule is O=C(c1cccs1)n1nc(-c2ccccn2)nc1NCc1ccccc1. The normalized spacial score (nSPS) is 10.6. The molecule has 0 atom stereocenters. The molecule has 0 aliphatic rings. The van der Waals surface area contributed by atoms with Crippen LogP contribution in [0.15, 0.2) is 72.2 Å². The minimum absolute atomic E-state index is 0.217. The van der Waals surface area contributed by atoms with E-state index >= 15 is 0 Å². The molecule has 3 heterocycles. The Hall–Kier alpha value is -3.32. The van der Waals surface area contributed by atoms with Gasteiger partial charge in [0.2, 0.25) is 11.8 Å². The summed E-state index contributed by atoms with van der Waals surface area (Å²) in [6, 6.07) is 19.0. The molecule has 0 radical (unpaired) electrons. The van der Waals surface area contributed by atoms with Gasteiger partial charge in [-0.15, -0.1) is 16.4 Å². The summed E-state index contributed by atoms with van der Waals surface area (Å²) in [5.74, 6) is 0.587. The molecule has 0 bridgehead atoms. The molecule has 128 valence electrons. The Kier molecular flexibility index (Phi) is 4.53. The quantitative estimate of drug-likeness (QED) is 0.587. The Labute approximate surface area is 154 Å². The molecule has 6 nitrogen and oxygen atoms in total. The van der Waals surface area contributed by atoms with Gasteiger partial charge in [0, 0.05) is 12.7 Å². The predicted molar refractivity (Wildman–Crippen MR) is 101 cm³/mol. The maximum Gasteiger partial charge on any atom is 0.291 e. The van der Waals surface area contributed by atoms with Crippen LogP contribution in [0.1, 0.15) is 15.2 Å². The van der Waals surface area contributed by atoms with Crippen LogP contribution in [0.5, 0.6) is 0 Å². The highest BCUT2D eigenvalue weighted by molar-refractivity contribution is 7.12. The van der Waals surface area contributed by atoms with Gasteiger partial charge in [-0.25, -0.2) is 0 Å². The minimum Gasteiger partial charge on any atom is -0.350 e. The van der Waals surface area contributed by atoms with Crippen molar-refractivity contribution in [2.45, 2.75) is 6.54 Å². The largest absolute Gasteiger partial charge is 0.350 e. The fourth-order valence-corrected chi connectivity index (χ4v) is 3.10. The van der Waals surface area contributed by atoms with E-state index < -0.39 is 0 Å². The lowest BCUT2D eigenvalue weighted by Crippen LogP contribution is -2.16. The summed E-state index contributed by atoms with van der Waals surface area (Å²) in [6.07, 6.45) is 1.67. The Balaban J connectivity index is 1.68. The van der Waals surface area contributed by atoms with Gasteiger partial charge < -0.3 is 5.32 Å². The zero-order valence-corrected chi connectivity index (χ0v) is 14.6. The van der Waals surface area contributed by atoms with Crippen LogP contribution in [0, 0.1) is 0 Å². The van der Waals surface area contributed by atoms with E-state index in [4.69, 9.17) is 0 Å². The van der Waals surface area contributed by atoms with Crippen LogP contribution < -0.4 is 5.32 Å². The fraction of sp³-hybridized carbons (Fsp3) is 0.0526. The van der Waals surface area contributed by atoms with Crippen LogP contribution >= 0.6 is 11.3 Å². The van der Waals surface area contributed by atoms with E-state index in [0.29, 0.717) is 28.9 Å². The van der Waals surface area contributed by atoms with Gasteiger partial charge in [-0.3, -0.25) is 9.78 Å². The van der Waals surface area contributed by atoms with Crippen molar-refractivity contribution >= 4 is 23.2 Å². The van der Waals surface area contributed by atoms with E-state index in [9.17, 15) is 4.79 Å². The number of rotatable bonds is 5. The predicted octanol–water partition coefficient (Wildman–Crippen LogP) is 3.70. The van der Waals surface area contributed by atoms with Crippen LogP contribution in [0.2, 0.25) is 0 Å². The standard InChI is InChI=1S/C19H15N5OS/c25-18(16-10-6-12-26-16)24-19(21-13-14-7-2-1-3-8-14)22-17(23-24)15-9-4-5-11-20-15/h1-12H,13H2,(H,21,22,23). The summed E-state index contributed by atoms with van der Waals surface area (Å²) >= 11 is 1.37. The third-order valence-electron chi connectivity index (χ3n) is 3.72. The van der Waals surface area contributed by atoms with Gasteiger partial charge in [-0.2, -0.15) is 9.67 Å². The highest BCUT2D eigenvalue weighted by Crippen LogP contribution is 2.19. The van der Waals surface area contributed by atoms with Gasteiger partial charge >= 0.3 is 0 Å². The van der Waals surface area contributed by atoms with Crippen LogP contribution in [0.25, 0.3) is 11.5 Å². The smallest absolute Gasteiger partial charge is 0.291 e. The summed E-state index contributed by atoms with van der Waals surface area (Å²) in [5.41, 5.74) is 1.71. The van der Waals surface area contributed by atoms with E-state index in [1.54, 1.807) is 12.3 Å². The lowest BCUT2D eigenvalue weighted by molar-refractivity contribution is 0.0951. The summed E-state index contributed by atoms with van der Waals surface area (Å²) in [5, 5.41) is 9.46. The molecule has 0 aliphatic heterocycles. The van der Waals surface area contributed by atoms with Crippen molar-refractivity contribution in [1.82, 2.24) is 19.7 Å². The van der Waals surface area contributed by atoms with E-state index in [0.717, 1.165) is 5.56 Å². The van der Waals surface area contributed by atoms with Gasteiger partial charge in [0.1, 0.15) is 5.69 Å². The van der Waals surface area contributed by atoms with Crippen LogP contribution in [0.3, 0.4) is 0 Å². The Morgan fingerprint density at radius 2 is 1.88 bits per heavy atom. The molecule has 0 saturated heterocycles. The number of hydrogen-bond acceptors (Lipinski definition) is 6. The Morgan fingerprint density at radius 3 is 2.62 bits per heavy atom. The third kappa shape index (κ3) is 3.38. The second kappa shape index (κ2) is 7.28. The van der Waals surface area contributed by atoms with Crippen LogP contribution in [-0.2, 0) is 6.54 Å². The lowest BCUT2D eigenvalue weighted by atomic mass is 10.2. The zero-order chi connectivity index (χ0) is 17.8. The monoisotopic (exact) mass is 361 g/mol. The van der Waals surface area contributed by atoms with E-state index in [1.165, 1.54) is 16.0 Å². The number of hydrogen-bond donors (Lipinski definition) is 1. The number of nitrogens with one attached hydrogen (secondary N) is 1. The van der Waals surface area contributed by atoms with Crippen molar-refractivity contribution in [3.63, 3.8) is 0 Å². The molecule has 0 spiro atoms. The molecule has 1 N–H and O–H groups in total. The molecule has 0 amide bonds. The number of pyridine rings is 1. The Bertz CT molecular complexity index is 997. The summed E-state index contributed by atoms with van der Waals surface area (Å²) in [6.45, 7) is 0.541. The van der Waals surface area contributed by atoms with Gasteiger partial charge in [0.15, 0.2) is 0 Å². The van der Waals surface area contributed by atoms with Gasteiger partial charge in [-0.05, 0) is 29.1 Å². The van der Waals surface area contributed by atoms with E-state index in [2.05, 4.69) is 20.4 Å². The van der Waals surface area contributed by atoms with Crippen molar-refractivity contribution in [3.05, 3.63) is 82.7 Å². The first-order chi connectivity index (χ1) is 12.8. The van der Waals surface area contributed by atoms with E-state index in [1.807, 2.05) is 60.0 Å². The molecule has 1 aromatic carbocycles. The molecular weight excluding hydrogens is 346 g/mol. The second-order valence-electron chi connectivity index (χ2n) is 5.51. The number of aromatic nitrogens is 4. The molecule has 3 aromatic heterocycles. The number of carbonyl (C=O) groups excluding carboxylic acids is 1. The molecule has 0 unspecified atom stereocenters. The molecule has 26 heavy (non-hydrogen) atoms. The average Bonchev–Trinajstić information content (AvgIpc) is 3.38. The highest BCUT2D eigenvalue weighted by Gasteiger charge is 2.19. The Morgan fingerprint density at radius 1 is 1.04 bits per heavy atom. The molecule has 4 aromatic rings. The molecule has 0 fully saturated rings. The average molecular weight is 361 g/mol. The van der Waals surface area contributed by atoms with Crippen molar-refractivity contribution in [1.29, 1.82) is 0 Å². The second-order valence-corrected chi connectivity index (χ2v) is 6.46. The molecule has 7 heteroatoms. The van der Waals surface area contributed by atoms with Crippen molar-refractivity contribution in [2.24, 2.45) is 0 Å². The van der Waals surface area contributed by atoms with E-state index in [-0.39, 0.29) is 5.91 Å². The number of nitrogens with zero attached hydrogens (tertiary/aromatic N) is 4. The number of thiophene rings is 1. The molecule has 4 rings (SSSR count). The molecular formula is C19H15N5OS. The van der Waals surface area contributed by atoms with Gasteiger partial charge in [0.05, 0.1) is 4.88 Å². The first kappa shape index (κ1) is 16.2. The van der Waals surface area contributed by atoms with Crippen molar-refractivity contribution in [3.8, 4) is 11.5 Å². The first-order valence-electron chi connectivity index (χ1n) is 8.06. The number of anilines is 1. The summed E-state index contributed by atoms with van der Waals surface area (Å²) in [4.78, 5) is 22.2. The third-order valence-corrected chi connectivity index (χ3v) is 4.58. The van der Waals surface area contributed by atoms with Gasteiger partial charge in [-0.1, -0.05) is 42.5 Å². The highest BCUT2D eigenvalue weighted by atomic mass is 32.1. The maximum absolute atomic E-state index is 12.8. The maximum atomic E-state index is 12.8. The summed E-state index contributed by atoms with van der Waals surface area (Å²) in [7, 11) is 0. The first-order valence-corrected chi connectivity index (χ1v) is 8.94. The van der Waals surface area contributed by atoms with Crippen LogP contribution in [-0.4, -0.2) is 25.7 Å². The van der Waals surface area contributed by atoms with Crippen LogP contribution in [0.4, 0.5) is 5.95 Å². The van der Waals surface area contributed by atoms with Crippen molar-refractivity contribution in [2.75, 3.05) is 5.32 Å². The minimum atomic E-state index is -0.217. The lowest BCUT2D eigenvalue weighted by Gasteiger charge is -2.06. The topological polar surface area (TPSA) is 72.7 Å². The van der Waals surface area contributed by atoms with Crippen molar-refractivity contribution < 1.29 is 4.79 Å². The summed E-state index contributed by atoms with van der Waals surface area (Å²) < 4.78 is 1.30. The van der Waals surface area contributed by atoms with Gasteiger partial charge in [0.25, 0.3) is 5.91 Å². The number of benzene rings is 1. The number of carbonyl (C=O) groups is 1. The molecule has 0 aliphatic carbocycles. The zero-order valence-electron chi connectivity index (χ0n) is 13.7. The fourth-order valence-electron chi connectivity index (χ4n) is 2.45. The molecule has 0 saturated carbocycles.